The zero-order valence-electron chi connectivity index (χ0n) is 28.9. The van der Waals surface area contributed by atoms with E-state index in [1.54, 1.807) is 43.3 Å². The van der Waals surface area contributed by atoms with Crippen molar-refractivity contribution in [2.24, 2.45) is 5.92 Å². The van der Waals surface area contributed by atoms with Gasteiger partial charge in [0.05, 0.1) is 16.7 Å². The van der Waals surface area contributed by atoms with Gasteiger partial charge in [-0.2, -0.15) is 0 Å². The van der Waals surface area contributed by atoms with Gasteiger partial charge in [-0.05, 0) is 56.4 Å². The number of carboxylic acid groups (broad SMARTS) is 1. The van der Waals surface area contributed by atoms with E-state index in [9.17, 15) is 44.1 Å². The third-order valence-corrected chi connectivity index (χ3v) is 9.59. The minimum Gasteiger partial charge on any atom is -0.507 e. The molecule has 0 radical (unpaired) electrons. The summed E-state index contributed by atoms with van der Waals surface area (Å²) < 4.78 is 0. The molecule has 4 rings (SSSR count). The third kappa shape index (κ3) is 9.58. The number of nitrogens with one attached hydrogen (secondary N) is 6. The van der Waals surface area contributed by atoms with Crippen LogP contribution in [0.4, 0.5) is 0 Å². The Labute approximate surface area is 298 Å². The van der Waals surface area contributed by atoms with Crippen molar-refractivity contribution in [1.82, 2.24) is 31.6 Å². The Morgan fingerprint density at radius 2 is 1.63 bits per heavy atom. The van der Waals surface area contributed by atoms with Crippen molar-refractivity contribution in [3.8, 4) is 5.75 Å². The Morgan fingerprint density at radius 3 is 2.29 bits per heavy atom. The zero-order chi connectivity index (χ0) is 37.6. The van der Waals surface area contributed by atoms with E-state index >= 15 is 0 Å². The van der Waals surface area contributed by atoms with Crippen molar-refractivity contribution in [2.45, 2.75) is 88.8 Å². The fraction of sp³-hybridized carbons (Fsp3) is 0.429. The number of aryl methyl sites for hydroxylation is 1. The standard InChI is InChI=1S/C35H44N6O9S/c1-16(2)13-24-31(46)36-18(4)29(44)41-27(19(5)42)33(48)39-26(35(49)50)15-51-34-22(20-10-6-7-12-23(20)40-34)14-25(32(47)38-24)37-30(45)21-11-8-9-17(3)28(21)43/h6-12,16,18-19,24-27,40,42-43H,13-15H2,1-5H3,(H,36,46)(H,37,45)(H,38,47)(H,39,48)(H,41,44)(H,49,50)/t18-,19-,24+,25+,26+,27+/m1/s1. The number of fused-ring (bicyclic) bond motifs is 3. The SMILES string of the molecule is Cc1cccc(C(=O)N[C@H]2Cc3c([nH]c4ccccc34)SC[C@@H](C(=O)O)NC(=O)[C@H]([C@@H](C)O)NC(=O)[C@@H](C)NC(=O)[C@H](CC(C)C)NC2=O)c1O. The third-order valence-electron chi connectivity index (χ3n) is 8.45. The van der Waals surface area contributed by atoms with Gasteiger partial charge in [0.2, 0.25) is 23.6 Å². The predicted molar refractivity (Wildman–Crippen MR) is 189 cm³/mol. The summed E-state index contributed by atoms with van der Waals surface area (Å²) in [4.78, 5) is 83.2. The number of carboxylic acids is 1. The van der Waals surface area contributed by atoms with Gasteiger partial charge < -0.3 is 46.9 Å². The molecule has 2 heterocycles. The quantitative estimate of drug-likeness (QED) is 0.175. The van der Waals surface area contributed by atoms with Crippen LogP contribution in [0.25, 0.3) is 10.9 Å². The number of phenolic OH excluding ortho intramolecular Hbond substituents is 1. The number of aromatic hydroxyl groups is 1. The Morgan fingerprint density at radius 1 is 0.922 bits per heavy atom. The van der Waals surface area contributed by atoms with Gasteiger partial charge in [-0.15, -0.1) is 11.8 Å². The summed E-state index contributed by atoms with van der Waals surface area (Å²) in [7, 11) is 0. The highest BCUT2D eigenvalue weighted by molar-refractivity contribution is 7.99. The highest BCUT2D eigenvalue weighted by Crippen LogP contribution is 2.32. The Bertz CT molecular complexity index is 1810. The van der Waals surface area contributed by atoms with Gasteiger partial charge in [0.15, 0.2) is 0 Å². The first-order valence-electron chi connectivity index (χ1n) is 16.5. The average Bonchev–Trinajstić information content (AvgIpc) is 3.41. The fourth-order valence-corrected chi connectivity index (χ4v) is 6.74. The maximum Gasteiger partial charge on any atom is 0.327 e. The van der Waals surface area contributed by atoms with Crippen molar-refractivity contribution in [1.29, 1.82) is 0 Å². The predicted octanol–water partition coefficient (Wildman–Crippen LogP) is 1.10. The van der Waals surface area contributed by atoms with E-state index < -0.39 is 71.8 Å². The molecular weight excluding hydrogens is 680 g/mol. The van der Waals surface area contributed by atoms with Crippen LogP contribution in [0, 0.1) is 12.8 Å². The number of benzene rings is 2. The van der Waals surface area contributed by atoms with Gasteiger partial charge in [0, 0.05) is 23.1 Å². The zero-order valence-corrected chi connectivity index (χ0v) is 29.7. The number of hydrogen-bond acceptors (Lipinski definition) is 9. The van der Waals surface area contributed by atoms with Crippen molar-refractivity contribution < 1.29 is 44.1 Å². The number of carbonyl (C=O) groups is 6. The van der Waals surface area contributed by atoms with E-state index in [0.29, 0.717) is 27.1 Å². The van der Waals surface area contributed by atoms with Crippen LogP contribution in [0.15, 0.2) is 47.5 Å². The molecule has 51 heavy (non-hydrogen) atoms. The number of phenols is 1. The summed E-state index contributed by atoms with van der Waals surface area (Å²) >= 11 is 1.05. The van der Waals surface area contributed by atoms with Gasteiger partial charge in [0.25, 0.3) is 5.91 Å². The molecule has 3 aromatic rings. The summed E-state index contributed by atoms with van der Waals surface area (Å²) in [6.07, 6.45) is -1.39. The van der Waals surface area contributed by atoms with Crippen LogP contribution < -0.4 is 26.6 Å². The molecule has 0 saturated carbocycles. The number of amides is 5. The molecule has 1 aromatic heterocycles. The Balaban J connectivity index is 1.82. The lowest BCUT2D eigenvalue weighted by atomic mass is 10.00. The second kappa shape index (κ2) is 16.7. The van der Waals surface area contributed by atoms with Gasteiger partial charge in [-0.1, -0.05) is 44.2 Å². The molecule has 1 aliphatic rings. The van der Waals surface area contributed by atoms with Gasteiger partial charge in [-0.25, -0.2) is 4.79 Å². The number of para-hydroxylation sites is 2. The maximum absolute atomic E-state index is 14.2. The van der Waals surface area contributed by atoms with Crippen molar-refractivity contribution in [3.05, 3.63) is 59.2 Å². The highest BCUT2D eigenvalue weighted by atomic mass is 32.2. The molecular formula is C35H44N6O9S. The van der Waals surface area contributed by atoms with Gasteiger partial charge in [-0.3, -0.25) is 24.0 Å². The highest BCUT2D eigenvalue weighted by Gasteiger charge is 2.34. The molecule has 0 saturated heterocycles. The molecule has 6 atom stereocenters. The minimum absolute atomic E-state index is 0.0670. The summed E-state index contributed by atoms with van der Waals surface area (Å²) in [6.45, 7) is 7.91. The van der Waals surface area contributed by atoms with Crippen LogP contribution >= 0.6 is 11.8 Å². The molecule has 0 fully saturated rings. The van der Waals surface area contributed by atoms with Crippen LogP contribution in [0.3, 0.4) is 0 Å². The van der Waals surface area contributed by atoms with Crippen molar-refractivity contribution >= 4 is 58.2 Å². The fourth-order valence-electron chi connectivity index (χ4n) is 5.63. The number of aliphatic hydroxyl groups is 1. The number of H-pyrrole nitrogens is 1. The van der Waals surface area contributed by atoms with E-state index in [0.717, 1.165) is 11.8 Å². The second-order valence-electron chi connectivity index (χ2n) is 13.0. The summed E-state index contributed by atoms with van der Waals surface area (Å²) in [5, 5.41) is 44.9. The summed E-state index contributed by atoms with van der Waals surface area (Å²) in [5.41, 5.74) is 1.58. The smallest absolute Gasteiger partial charge is 0.327 e. The molecule has 0 aliphatic carbocycles. The maximum atomic E-state index is 14.2. The van der Waals surface area contributed by atoms with Crippen LogP contribution in [0.5, 0.6) is 5.75 Å². The van der Waals surface area contributed by atoms with E-state index in [2.05, 4.69) is 31.6 Å². The number of rotatable bonds is 6. The number of aromatic amines is 1. The molecule has 0 spiro atoms. The second-order valence-corrected chi connectivity index (χ2v) is 14.1. The van der Waals surface area contributed by atoms with Crippen molar-refractivity contribution in [3.63, 3.8) is 0 Å². The number of aliphatic hydroxyl groups excluding tert-OH is 1. The van der Waals surface area contributed by atoms with Crippen LogP contribution in [0.1, 0.15) is 55.6 Å². The largest absolute Gasteiger partial charge is 0.507 e. The molecule has 274 valence electrons. The number of aliphatic carboxylic acids is 1. The summed E-state index contributed by atoms with van der Waals surface area (Å²) in [5.74, 6) is -5.91. The van der Waals surface area contributed by atoms with Crippen LogP contribution in [-0.2, 0) is 30.4 Å². The first-order chi connectivity index (χ1) is 24.1. The van der Waals surface area contributed by atoms with Crippen molar-refractivity contribution in [2.75, 3.05) is 5.75 Å². The lowest BCUT2D eigenvalue weighted by molar-refractivity contribution is -0.142. The van der Waals surface area contributed by atoms with E-state index in [1.165, 1.54) is 19.9 Å². The number of carbonyl (C=O) groups excluding carboxylic acids is 5. The lowest BCUT2D eigenvalue weighted by Crippen LogP contribution is -2.60. The topological polar surface area (TPSA) is 239 Å². The normalized spacial score (nSPS) is 23.2. The van der Waals surface area contributed by atoms with Crippen LogP contribution in [-0.4, -0.2) is 97.9 Å². The molecule has 16 heteroatoms. The number of aromatic nitrogens is 1. The monoisotopic (exact) mass is 724 g/mol. The van der Waals surface area contributed by atoms with Gasteiger partial charge in [0.1, 0.15) is 36.0 Å². The molecule has 5 amide bonds. The Kier molecular flexibility index (Phi) is 12.7. The molecule has 1 aliphatic heterocycles. The van der Waals surface area contributed by atoms with Gasteiger partial charge >= 0.3 is 5.97 Å². The lowest BCUT2D eigenvalue weighted by Gasteiger charge is -2.27. The first kappa shape index (κ1) is 38.7. The number of hydrogen-bond donors (Lipinski definition) is 9. The molecule has 9 N–H and O–H groups in total. The van der Waals surface area contributed by atoms with E-state index in [1.807, 2.05) is 13.8 Å². The van der Waals surface area contributed by atoms with E-state index in [4.69, 9.17) is 0 Å². The molecule has 2 aromatic carbocycles. The molecule has 15 nitrogen and oxygen atoms in total. The Hall–Kier alpha value is -5.09. The number of thioether (sulfide) groups is 1. The van der Waals surface area contributed by atoms with Crippen LogP contribution in [0.2, 0.25) is 0 Å². The molecule has 0 bridgehead atoms. The minimum atomic E-state index is -1.55. The summed E-state index contributed by atoms with van der Waals surface area (Å²) in [6, 6.07) is 5.04. The first-order valence-corrected chi connectivity index (χ1v) is 17.5. The van der Waals surface area contributed by atoms with E-state index in [-0.39, 0.29) is 35.8 Å². The average molecular weight is 725 g/mol. The molecule has 0 unspecified atom stereocenters.